The van der Waals surface area contributed by atoms with Gasteiger partial charge in [-0.1, -0.05) is 30.3 Å². The van der Waals surface area contributed by atoms with Crippen LogP contribution in [0.2, 0.25) is 0 Å². The molecule has 0 aliphatic heterocycles. The van der Waals surface area contributed by atoms with Gasteiger partial charge in [0, 0.05) is 5.39 Å². The number of carbonyl (C=O) groups is 1. The van der Waals surface area contributed by atoms with Crippen molar-refractivity contribution in [3.63, 3.8) is 0 Å². The Bertz CT molecular complexity index is 953. The molecule has 0 saturated heterocycles. The quantitative estimate of drug-likeness (QED) is 0.645. The first kappa shape index (κ1) is 19.0. The van der Waals surface area contributed by atoms with Gasteiger partial charge >= 0.3 is 29.6 Å². The Morgan fingerprint density at radius 1 is 1.12 bits per heavy atom. The molecule has 0 unspecified atom stereocenters. The second kappa shape index (κ2) is 8.16. The van der Waals surface area contributed by atoms with Gasteiger partial charge < -0.3 is 19.7 Å². The standard InChI is InChI=1S/C19H15NO4.Na/c1-24-18-10-12(3-9-17(18)21)2-7-15-8-6-13-4-5-14(19(22)23)11-16(13)20-15;/h2-11,21H,1H3,(H,22,23);/q;+1/p-1/b7-2+;. The summed E-state index contributed by atoms with van der Waals surface area (Å²) in [5.41, 5.74) is 2.21. The molecule has 0 bridgehead atoms. The number of phenolic OH excluding ortho intramolecular Hbond substituents is 1. The summed E-state index contributed by atoms with van der Waals surface area (Å²) >= 11 is 0. The van der Waals surface area contributed by atoms with Gasteiger partial charge in [-0.25, -0.2) is 4.98 Å². The molecule has 1 aromatic heterocycles. The van der Waals surface area contributed by atoms with Crippen molar-refractivity contribution in [3.05, 3.63) is 65.4 Å². The van der Waals surface area contributed by atoms with Gasteiger partial charge in [0.15, 0.2) is 11.5 Å². The maximum atomic E-state index is 10.9. The topological polar surface area (TPSA) is 82.5 Å². The summed E-state index contributed by atoms with van der Waals surface area (Å²) in [5, 5.41) is 21.4. The van der Waals surface area contributed by atoms with Crippen molar-refractivity contribution in [2.24, 2.45) is 0 Å². The number of hydrogen-bond acceptors (Lipinski definition) is 5. The van der Waals surface area contributed by atoms with Gasteiger partial charge in [-0.05, 0) is 41.5 Å². The van der Waals surface area contributed by atoms with Gasteiger partial charge in [-0.3, -0.25) is 0 Å². The molecule has 120 valence electrons. The maximum Gasteiger partial charge on any atom is 1.00 e. The van der Waals surface area contributed by atoms with E-state index in [0.717, 1.165) is 10.9 Å². The van der Waals surface area contributed by atoms with E-state index in [9.17, 15) is 15.0 Å². The van der Waals surface area contributed by atoms with Gasteiger partial charge in [0.05, 0.1) is 24.3 Å². The zero-order valence-electron chi connectivity index (χ0n) is 13.9. The predicted molar refractivity (Wildman–Crippen MR) is 89.7 cm³/mol. The molecule has 0 amide bonds. The van der Waals surface area contributed by atoms with E-state index >= 15 is 0 Å². The fraction of sp³-hybridized carbons (Fsp3) is 0.0526. The van der Waals surface area contributed by atoms with Crippen LogP contribution in [-0.4, -0.2) is 23.2 Å². The van der Waals surface area contributed by atoms with E-state index in [-0.39, 0.29) is 40.9 Å². The minimum absolute atomic E-state index is 0. The third kappa shape index (κ3) is 4.39. The maximum absolute atomic E-state index is 10.9. The van der Waals surface area contributed by atoms with E-state index in [1.54, 1.807) is 30.3 Å². The zero-order valence-corrected chi connectivity index (χ0v) is 15.9. The molecule has 6 heteroatoms. The van der Waals surface area contributed by atoms with Crippen LogP contribution in [0.5, 0.6) is 11.5 Å². The van der Waals surface area contributed by atoms with Gasteiger partial charge in [0.2, 0.25) is 0 Å². The number of rotatable bonds is 4. The molecule has 0 radical (unpaired) electrons. The van der Waals surface area contributed by atoms with Crippen molar-refractivity contribution in [3.8, 4) is 11.5 Å². The number of phenols is 1. The van der Waals surface area contributed by atoms with Crippen molar-refractivity contribution in [2.75, 3.05) is 7.11 Å². The number of carboxylic acid groups (broad SMARTS) is 1. The number of nitrogens with zero attached hydrogens (tertiary/aromatic N) is 1. The Labute approximate surface area is 166 Å². The average molecular weight is 343 g/mol. The SMILES string of the molecule is COc1cc(/C=C/c2ccc3ccc(C(=O)[O-])cc3n2)ccc1O.[Na+]. The van der Waals surface area contributed by atoms with Crippen molar-refractivity contribution in [1.29, 1.82) is 0 Å². The van der Waals surface area contributed by atoms with Gasteiger partial charge in [0.25, 0.3) is 0 Å². The molecule has 1 N–H and O–H groups in total. The second-order valence-electron chi connectivity index (χ2n) is 5.20. The van der Waals surface area contributed by atoms with Gasteiger partial charge in [-0.2, -0.15) is 0 Å². The molecule has 1 heterocycles. The molecule has 0 fully saturated rings. The van der Waals surface area contributed by atoms with Crippen molar-refractivity contribution in [1.82, 2.24) is 4.98 Å². The normalized spacial score (nSPS) is 10.6. The molecule has 0 saturated carbocycles. The number of aromatic nitrogens is 1. The monoisotopic (exact) mass is 343 g/mol. The number of aromatic carboxylic acids is 1. The molecule has 0 aliphatic carbocycles. The number of ether oxygens (including phenoxy) is 1. The van der Waals surface area contributed by atoms with Crippen LogP contribution < -0.4 is 39.4 Å². The molecular formula is C19H14NNaO4. The van der Waals surface area contributed by atoms with Crippen LogP contribution in [0, 0.1) is 0 Å². The molecule has 3 aromatic rings. The number of aromatic hydroxyl groups is 1. The van der Waals surface area contributed by atoms with E-state index in [1.165, 1.54) is 19.2 Å². The number of hydrogen-bond donors (Lipinski definition) is 1. The number of benzene rings is 2. The van der Waals surface area contributed by atoms with E-state index < -0.39 is 5.97 Å². The molecule has 0 atom stereocenters. The first-order chi connectivity index (χ1) is 11.6. The summed E-state index contributed by atoms with van der Waals surface area (Å²) < 4.78 is 5.07. The zero-order chi connectivity index (χ0) is 17.1. The number of methoxy groups -OCH3 is 1. The van der Waals surface area contributed by atoms with E-state index in [0.29, 0.717) is 17.0 Å². The van der Waals surface area contributed by atoms with Crippen LogP contribution in [0.3, 0.4) is 0 Å². The van der Waals surface area contributed by atoms with Crippen LogP contribution >= 0.6 is 0 Å². The summed E-state index contributed by atoms with van der Waals surface area (Å²) in [6.07, 6.45) is 3.63. The predicted octanol–water partition coefficient (Wildman–Crippen LogP) is -0.513. The van der Waals surface area contributed by atoms with Crippen molar-refractivity contribution in [2.45, 2.75) is 0 Å². The van der Waals surface area contributed by atoms with Gasteiger partial charge in [-0.15, -0.1) is 0 Å². The molecule has 2 aromatic carbocycles. The molecule has 25 heavy (non-hydrogen) atoms. The Kier molecular flexibility index (Phi) is 6.20. The fourth-order valence-corrected chi connectivity index (χ4v) is 2.33. The molecule has 0 aliphatic rings. The van der Waals surface area contributed by atoms with Crippen LogP contribution in [0.15, 0.2) is 48.5 Å². The third-order valence-corrected chi connectivity index (χ3v) is 3.60. The third-order valence-electron chi connectivity index (χ3n) is 3.60. The van der Waals surface area contributed by atoms with E-state index in [1.807, 2.05) is 18.2 Å². The van der Waals surface area contributed by atoms with Gasteiger partial charge in [0.1, 0.15) is 0 Å². The fourth-order valence-electron chi connectivity index (χ4n) is 2.33. The summed E-state index contributed by atoms with van der Waals surface area (Å²) in [4.78, 5) is 15.4. The van der Waals surface area contributed by atoms with Crippen LogP contribution in [0.4, 0.5) is 0 Å². The smallest absolute Gasteiger partial charge is 0.545 e. The first-order valence-electron chi connectivity index (χ1n) is 7.24. The molecule has 0 spiro atoms. The van der Waals surface area contributed by atoms with E-state index in [4.69, 9.17) is 4.74 Å². The average Bonchev–Trinajstić information content (AvgIpc) is 2.60. The Balaban J connectivity index is 0.00000225. The van der Waals surface area contributed by atoms with E-state index in [2.05, 4.69) is 4.98 Å². The number of carbonyl (C=O) groups excluding carboxylic acids is 1. The first-order valence-corrected chi connectivity index (χ1v) is 7.24. The summed E-state index contributed by atoms with van der Waals surface area (Å²) in [6, 6.07) is 13.4. The van der Waals surface area contributed by atoms with Crippen LogP contribution in [0.25, 0.3) is 23.1 Å². The largest absolute Gasteiger partial charge is 1.00 e. The Hall–Kier alpha value is -2.34. The number of pyridine rings is 1. The molecule has 5 nitrogen and oxygen atoms in total. The summed E-state index contributed by atoms with van der Waals surface area (Å²) in [7, 11) is 1.49. The molecule has 3 rings (SSSR count). The van der Waals surface area contributed by atoms with Crippen molar-refractivity contribution < 1.29 is 49.3 Å². The number of carboxylic acids is 1. The Morgan fingerprint density at radius 2 is 1.88 bits per heavy atom. The molecular weight excluding hydrogens is 329 g/mol. The summed E-state index contributed by atoms with van der Waals surface area (Å²) in [6.45, 7) is 0. The minimum atomic E-state index is -1.23. The van der Waals surface area contributed by atoms with Crippen LogP contribution in [0.1, 0.15) is 21.6 Å². The number of fused-ring (bicyclic) bond motifs is 1. The van der Waals surface area contributed by atoms with Crippen molar-refractivity contribution >= 4 is 29.0 Å². The summed E-state index contributed by atoms with van der Waals surface area (Å²) in [5.74, 6) is -0.758. The van der Waals surface area contributed by atoms with Crippen LogP contribution in [-0.2, 0) is 0 Å². The second-order valence-corrected chi connectivity index (χ2v) is 5.20. The Morgan fingerprint density at radius 3 is 2.60 bits per heavy atom. The minimum Gasteiger partial charge on any atom is -0.545 e.